The van der Waals surface area contributed by atoms with Crippen LogP contribution in [0.2, 0.25) is 0 Å². The summed E-state index contributed by atoms with van der Waals surface area (Å²) in [7, 11) is 0. The average Bonchev–Trinajstić information content (AvgIpc) is 3.15. The molecule has 0 radical (unpaired) electrons. The Hall–Kier alpha value is -1.14. The van der Waals surface area contributed by atoms with Gasteiger partial charge in [-0.3, -0.25) is 9.59 Å². The highest BCUT2D eigenvalue weighted by Crippen LogP contribution is 2.16. The van der Waals surface area contributed by atoms with Gasteiger partial charge in [0.05, 0.1) is 19.4 Å². The van der Waals surface area contributed by atoms with Gasteiger partial charge in [0, 0.05) is 13.2 Å². The van der Waals surface area contributed by atoms with Crippen LogP contribution in [-0.4, -0.2) is 49.6 Å². The maximum Gasteiger partial charge on any atom is 0.306 e. The number of esters is 1. The average molecular weight is 753 g/mol. The minimum atomic E-state index is -0.989. The molecule has 0 unspecified atom stereocenters. The Morgan fingerprint density at radius 1 is 0.396 bits per heavy atom. The van der Waals surface area contributed by atoms with Gasteiger partial charge in [-0.05, 0) is 12.8 Å². The first-order chi connectivity index (χ1) is 26.1. The normalized spacial score (nSPS) is 12.0. The molecule has 0 heterocycles. The first-order valence-corrected chi connectivity index (χ1v) is 23.7. The van der Waals surface area contributed by atoms with E-state index < -0.39 is 11.9 Å². The minimum Gasteiger partial charge on any atom is -0.481 e. The van der Waals surface area contributed by atoms with Crippen LogP contribution in [-0.2, 0) is 23.8 Å². The molecule has 0 aliphatic rings. The molecular weight excluding hydrogens is 661 g/mol. The van der Waals surface area contributed by atoms with Crippen molar-refractivity contribution >= 4 is 11.9 Å². The fourth-order valence-electron chi connectivity index (χ4n) is 7.19. The lowest BCUT2D eigenvalue weighted by Crippen LogP contribution is -2.28. The molecule has 1 N–H and O–H groups in total. The summed E-state index contributed by atoms with van der Waals surface area (Å²) < 4.78 is 17.3. The van der Waals surface area contributed by atoms with Crippen molar-refractivity contribution in [3.63, 3.8) is 0 Å². The van der Waals surface area contributed by atoms with Gasteiger partial charge in [0.1, 0.15) is 12.7 Å². The molecule has 0 saturated heterocycles. The number of ether oxygens (including phenoxy) is 3. The summed E-state index contributed by atoms with van der Waals surface area (Å²) in [5.41, 5.74) is 0. The largest absolute Gasteiger partial charge is 0.481 e. The SMILES string of the molecule is CCCCCCCCCCCCCCCCCCCCOC[C@H](COC(=O)CCC(=O)O)OCCCCCCCCCCCCCCCCCCCC. The molecule has 0 aromatic rings. The maximum atomic E-state index is 12.0. The van der Waals surface area contributed by atoms with Crippen LogP contribution in [0.15, 0.2) is 0 Å². The van der Waals surface area contributed by atoms with Crippen molar-refractivity contribution in [3.8, 4) is 0 Å². The Kier molecular flexibility index (Phi) is 44.3. The third-order valence-electron chi connectivity index (χ3n) is 10.8. The van der Waals surface area contributed by atoms with Gasteiger partial charge in [0.15, 0.2) is 0 Å². The molecule has 0 fully saturated rings. The number of carbonyl (C=O) groups excluding carboxylic acids is 1. The van der Waals surface area contributed by atoms with E-state index in [1.54, 1.807) is 0 Å². The van der Waals surface area contributed by atoms with Crippen molar-refractivity contribution in [1.29, 1.82) is 0 Å². The van der Waals surface area contributed by atoms with Crippen LogP contribution in [0.3, 0.4) is 0 Å². The van der Waals surface area contributed by atoms with Crippen molar-refractivity contribution in [3.05, 3.63) is 0 Å². The predicted molar refractivity (Wildman–Crippen MR) is 226 cm³/mol. The highest BCUT2D eigenvalue weighted by Gasteiger charge is 2.14. The zero-order chi connectivity index (χ0) is 38.6. The van der Waals surface area contributed by atoms with Crippen molar-refractivity contribution in [2.24, 2.45) is 0 Å². The number of carboxylic acids is 1. The second-order valence-electron chi connectivity index (χ2n) is 16.2. The second kappa shape index (κ2) is 45.3. The van der Waals surface area contributed by atoms with Gasteiger partial charge >= 0.3 is 11.9 Å². The van der Waals surface area contributed by atoms with Crippen LogP contribution in [0.5, 0.6) is 0 Å². The summed E-state index contributed by atoms with van der Waals surface area (Å²) in [6, 6.07) is 0. The number of hydrogen-bond acceptors (Lipinski definition) is 5. The minimum absolute atomic E-state index is 0.110. The first kappa shape index (κ1) is 51.9. The van der Waals surface area contributed by atoms with Crippen LogP contribution < -0.4 is 0 Å². The van der Waals surface area contributed by atoms with Crippen molar-refractivity contribution in [2.45, 2.75) is 264 Å². The molecule has 0 spiro atoms. The van der Waals surface area contributed by atoms with E-state index in [2.05, 4.69) is 13.8 Å². The van der Waals surface area contributed by atoms with Crippen molar-refractivity contribution < 1.29 is 28.9 Å². The summed E-state index contributed by atoms with van der Waals surface area (Å²) in [5.74, 6) is -1.48. The standard InChI is InChI=1S/C47H92O6/c1-3-5-7-9-11-13-15-17-19-21-23-25-27-29-31-33-35-37-41-51-43-45(44-53-47(50)40-39-46(48)49)52-42-38-36-34-32-30-28-26-24-22-20-18-16-14-12-10-8-6-4-2/h45H,3-44H2,1-2H3,(H,48,49)/t45-/m1/s1. The van der Waals surface area contributed by atoms with E-state index in [0.29, 0.717) is 19.8 Å². The molecule has 6 heteroatoms. The van der Waals surface area contributed by atoms with E-state index in [0.717, 1.165) is 19.3 Å². The summed E-state index contributed by atoms with van der Waals surface area (Å²) in [6.07, 6.45) is 48.3. The molecule has 0 bridgehead atoms. The number of rotatable bonds is 46. The van der Waals surface area contributed by atoms with Gasteiger partial charge in [-0.1, -0.05) is 232 Å². The van der Waals surface area contributed by atoms with E-state index in [1.807, 2.05) is 0 Å². The fraction of sp³-hybridized carbons (Fsp3) is 0.957. The quantitative estimate of drug-likeness (QED) is 0.0492. The van der Waals surface area contributed by atoms with Crippen LogP contribution in [0.25, 0.3) is 0 Å². The zero-order valence-corrected chi connectivity index (χ0v) is 35.8. The van der Waals surface area contributed by atoms with Crippen LogP contribution >= 0.6 is 0 Å². The number of aliphatic carboxylic acids is 1. The van der Waals surface area contributed by atoms with E-state index in [1.165, 1.54) is 212 Å². The predicted octanol–water partition coefficient (Wildman–Crippen LogP) is 14.9. The summed E-state index contributed by atoms with van der Waals surface area (Å²) in [6.45, 7) is 6.44. The lowest BCUT2D eigenvalue weighted by atomic mass is 10.0. The lowest BCUT2D eigenvalue weighted by Gasteiger charge is -2.18. The third-order valence-corrected chi connectivity index (χ3v) is 10.8. The molecular formula is C47H92O6. The van der Waals surface area contributed by atoms with E-state index in [9.17, 15) is 9.59 Å². The van der Waals surface area contributed by atoms with Crippen LogP contribution in [0.1, 0.15) is 258 Å². The molecule has 0 amide bonds. The summed E-state index contributed by atoms with van der Waals surface area (Å²) >= 11 is 0. The van der Waals surface area contributed by atoms with Crippen molar-refractivity contribution in [1.82, 2.24) is 0 Å². The van der Waals surface area contributed by atoms with E-state index in [-0.39, 0.29) is 25.6 Å². The maximum absolute atomic E-state index is 12.0. The molecule has 0 aromatic heterocycles. The number of unbranched alkanes of at least 4 members (excludes halogenated alkanes) is 34. The number of carbonyl (C=O) groups is 2. The molecule has 0 saturated carbocycles. The lowest BCUT2D eigenvalue weighted by molar-refractivity contribution is -0.152. The van der Waals surface area contributed by atoms with Crippen molar-refractivity contribution in [2.75, 3.05) is 26.4 Å². The molecule has 0 aliphatic heterocycles. The highest BCUT2D eigenvalue weighted by molar-refractivity contribution is 5.76. The van der Waals surface area contributed by atoms with Gasteiger partial charge in [-0.15, -0.1) is 0 Å². The molecule has 0 aliphatic carbocycles. The van der Waals surface area contributed by atoms with Gasteiger partial charge in [-0.2, -0.15) is 0 Å². The smallest absolute Gasteiger partial charge is 0.306 e. The molecule has 1 atom stereocenters. The van der Waals surface area contributed by atoms with Crippen LogP contribution in [0, 0.1) is 0 Å². The molecule has 0 aromatic carbocycles. The summed E-state index contributed by atoms with van der Waals surface area (Å²) in [5, 5.41) is 8.84. The second-order valence-corrected chi connectivity index (χ2v) is 16.2. The topological polar surface area (TPSA) is 82.1 Å². The van der Waals surface area contributed by atoms with E-state index in [4.69, 9.17) is 19.3 Å². The Balaban J connectivity index is 3.78. The monoisotopic (exact) mass is 753 g/mol. The molecule has 316 valence electrons. The van der Waals surface area contributed by atoms with Gasteiger partial charge in [0.25, 0.3) is 0 Å². The van der Waals surface area contributed by atoms with E-state index >= 15 is 0 Å². The third kappa shape index (κ3) is 45.1. The molecule has 53 heavy (non-hydrogen) atoms. The van der Waals surface area contributed by atoms with Gasteiger partial charge in [0.2, 0.25) is 0 Å². The number of carboxylic acid groups (broad SMARTS) is 1. The summed E-state index contributed by atoms with van der Waals surface area (Å²) in [4.78, 5) is 22.8. The Morgan fingerprint density at radius 2 is 0.698 bits per heavy atom. The zero-order valence-electron chi connectivity index (χ0n) is 35.8. The molecule has 0 rings (SSSR count). The Labute approximate surface area is 330 Å². The molecule has 6 nitrogen and oxygen atoms in total. The Bertz CT molecular complexity index is 728. The number of hydrogen-bond donors (Lipinski definition) is 1. The van der Waals surface area contributed by atoms with Gasteiger partial charge in [-0.25, -0.2) is 0 Å². The first-order valence-electron chi connectivity index (χ1n) is 23.7. The van der Waals surface area contributed by atoms with Gasteiger partial charge < -0.3 is 19.3 Å². The highest BCUT2D eigenvalue weighted by atomic mass is 16.6. The van der Waals surface area contributed by atoms with Crippen LogP contribution in [0.4, 0.5) is 0 Å². The fourth-order valence-corrected chi connectivity index (χ4v) is 7.19. The Morgan fingerprint density at radius 3 is 1.02 bits per heavy atom.